The molecule has 0 radical (unpaired) electrons. The highest BCUT2D eigenvalue weighted by atomic mass is 32.2. The number of fused-ring (bicyclic) bond motifs is 1. The Balaban J connectivity index is 2.01. The van der Waals surface area contributed by atoms with Crippen LogP contribution in [-0.4, -0.2) is 44.8 Å². The summed E-state index contributed by atoms with van der Waals surface area (Å²) in [6.07, 6.45) is 3.27. The van der Waals surface area contributed by atoms with Gasteiger partial charge in [0.05, 0.1) is 7.11 Å². The van der Waals surface area contributed by atoms with E-state index in [1.165, 1.54) is 5.56 Å². The van der Waals surface area contributed by atoms with Crippen molar-refractivity contribution in [1.29, 1.82) is 0 Å². The molecule has 5 nitrogen and oxygen atoms in total. The zero-order valence-corrected chi connectivity index (χ0v) is 14.5. The lowest BCUT2D eigenvalue weighted by Gasteiger charge is -2.14. The molecule has 22 heavy (non-hydrogen) atoms. The number of guanidine groups is 1. The van der Waals surface area contributed by atoms with Crippen LogP contribution in [-0.2, 0) is 13.0 Å². The molecule has 0 amide bonds. The van der Waals surface area contributed by atoms with Crippen molar-refractivity contribution >= 4 is 17.7 Å². The van der Waals surface area contributed by atoms with E-state index in [-0.39, 0.29) is 6.10 Å². The maximum Gasteiger partial charge on any atom is 0.191 e. The second-order valence-electron chi connectivity index (χ2n) is 5.25. The molecule has 1 aromatic rings. The molecule has 2 N–H and O–H groups in total. The lowest BCUT2D eigenvalue weighted by Crippen LogP contribution is -2.38. The Morgan fingerprint density at radius 3 is 2.95 bits per heavy atom. The summed E-state index contributed by atoms with van der Waals surface area (Å²) in [4.78, 5) is 4.23. The molecule has 1 aliphatic heterocycles. The molecule has 0 saturated heterocycles. The minimum Gasteiger partial charge on any atom is -0.496 e. The normalized spacial score (nSPS) is 16.9. The van der Waals surface area contributed by atoms with Crippen LogP contribution in [0.2, 0.25) is 0 Å². The van der Waals surface area contributed by atoms with E-state index in [1.807, 2.05) is 0 Å². The highest BCUT2D eigenvalue weighted by Crippen LogP contribution is 2.34. The minimum atomic E-state index is 0.240. The van der Waals surface area contributed by atoms with Crippen LogP contribution < -0.4 is 20.1 Å². The predicted octanol–water partition coefficient (Wildman–Crippen LogP) is 2.05. The van der Waals surface area contributed by atoms with Gasteiger partial charge in [0.2, 0.25) is 0 Å². The Bertz CT molecular complexity index is 534. The number of nitrogens with zero attached hydrogens (tertiary/aromatic N) is 1. The molecule has 0 aromatic heterocycles. The maximum atomic E-state index is 5.83. The molecule has 1 aliphatic rings. The fraction of sp³-hybridized carbons (Fsp3) is 0.562. The second-order valence-corrected chi connectivity index (χ2v) is 6.24. The lowest BCUT2D eigenvalue weighted by molar-refractivity contribution is 0.254. The topological polar surface area (TPSA) is 54.9 Å². The van der Waals surface area contributed by atoms with Gasteiger partial charge in [0.1, 0.15) is 17.6 Å². The molecule has 0 spiro atoms. The van der Waals surface area contributed by atoms with Crippen molar-refractivity contribution in [3.8, 4) is 11.5 Å². The maximum absolute atomic E-state index is 5.83. The van der Waals surface area contributed by atoms with Crippen LogP contribution in [0.25, 0.3) is 0 Å². The van der Waals surface area contributed by atoms with Crippen LogP contribution in [0.5, 0.6) is 11.5 Å². The Morgan fingerprint density at radius 1 is 1.45 bits per heavy atom. The number of hydrogen-bond acceptors (Lipinski definition) is 4. The van der Waals surface area contributed by atoms with E-state index >= 15 is 0 Å². The first-order valence-electron chi connectivity index (χ1n) is 7.47. The van der Waals surface area contributed by atoms with Crippen molar-refractivity contribution < 1.29 is 9.47 Å². The molecule has 0 bridgehead atoms. The number of benzene rings is 1. The quantitative estimate of drug-likeness (QED) is 0.477. The van der Waals surface area contributed by atoms with Gasteiger partial charge in [-0.15, -0.1) is 0 Å². The van der Waals surface area contributed by atoms with Gasteiger partial charge in [-0.1, -0.05) is 0 Å². The molecule has 6 heteroatoms. The van der Waals surface area contributed by atoms with Crippen molar-refractivity contribution in [2.75, 3.05) is 32.7 Å². The van der Waals surface area contributed by atoms with Gasteiger partial charge in [-0.25, -0.2) is 0 Å². The number of rotatable bonds is 6. The second kappa shape index (κ2) is 8.17. The zero-order valence-electron chi connectivity index (χ0n) is 13.7. The summed E-state index contributed by atoms with van der Waals surface area (Å²) in [5.74, 6) is 3.71. The van der Waals surface area contributed by atoms with Gasteiger partial charge in [-0.05, 0) is 25.3 Å². The summed E-state index contributed by atoms with van der Waals surface area (Å²) in [5, 5.41) is 6.60. The van der Waals surface area contributed by atoms with E-state index < -0.39 is 0 Å². The lowest BCUT2D eigenvalue weighted by atomic mass is 10.1. The fourth-order valence-corrected chi connectivity index (χ4v) is 2.79. The van der Waals surface area contributed by atoms with Crippen LogP contribution in [0.1, 0.15) is 18.1 Å². The average Bonchev–Trinajstić information content (AvgIpc) is 2.88. The molecule has 1 unspecified atom stereocenters. The van der Waals surface area contributed by atoms with Crippen LogP contribution in [0.4, 0.5) is 0 Å². The number of ether oxygens (including phenoxy) is 2. The number of methoxy groups -OCH3 is 1. The molecular formula is C16H25N3O2S. The van der Waals surface area contributed by atoms with Crippen LogP contribution in [0.3, 0.4) is 0 Å². The number of thioether (sulfide) groups is 1. The number of nitrogens with one attached hydrogen (secondary N) is 2. The summed E-state index contributed by atoms with van der Waals surface area (Å²) in [7, 11) is 3.48. The third-order valence-electron chi connectivity index (χ3n) is 3.57. The van der Waals surface area contributed by atoms with E-state index in [2.05, 4.69) is 40.9 Å². The molecule has 0 saturated carbocycles. The Morgan fingerprint density at radius 2 is 2.27 bits per heavy atom. The smallest absolute Gasteiger partial charge is 0.191 e. The monoisotopic (exact) mass is 323 g/mol. The third-order valence-corrected chi connectivity index (χ3v) is 4.18. The largest absolute Gasteiger partial charge is 0.496 e. The van der Waals surface area contributed by atoms with E-state index in [0.29, 0.717) is 6.54 Å². The van der Waals surface area contributed by atoms with Gasteiger partial charge in [0, 0.05) is 43.4 Å². The first-order valence-corrected chi connectivity index (χ1v) is 8.87. The van der Waals surface area contributed by atoms with Crippen molar-refractivity contribution in [1.82, 2.24) is 10.6 Å². The van der Waals surface area contributed by atoms with E-state index in [4.69, 9.17) is 9.47 Å². The van der Waals surface area contributed by atoms with Crippen molar-refractivity contribution in [3.63, 3.8) is 0 Å². The highest BCUT2D eigenvalue weighted by Gasteiger charge is 2.21. The standard InChI is InChI=1S/C16H25N3O2S/c1-11-7-12-8-14(20-3)13(9-15(12)21-11)10-19-16(17-2)18-5-6-22-4/h8-9,11H,5-7,10H2,1-4H3,(H2,17,18,19). The number of aliphatic imine (C=N–C) groups is 1. The molecule has 2 rings (SSSR count). The van der Waals surface area contributed by atoms with Crippen molar-refractivity contribution in [2.24, 2.45) is 4.99 Å². The molecule has 1 aromatic carbocycles. The Hall–Kier alpha value is -1.56. The van der Waals surface area contributed by atoms with E-state index in [0.717, 1.165) is 41.7 Å². The molecule has 122 valence electrons. The fourth-order valence-electron chi connectivity index (χ4n) is 2.48. The van der Waals surface area contributed by atoms with Crippen LogP contribution in [0, 0.1) is 0 Å². The Kier molecular flexibility index (Phi) is 6.24. The summed E-state index contributed by atoms with van der Waals surface area (Å²) in [6, 6.07) is 4.15. The van der Waals surface area contributed by atoms with Gasteiger partial charge in [0.25, 0.3) is 0 Å². The molecule has 0 aliphatic carbocycles. The molecule has 1 heterocycles. The number of hydrogen-bond donors (Lipinski definition) is 2. The first-order chi connectivity index (χ1) is 10.7. The van der Waals surface area contributed by atoms with E-state index in [1.54, 1.807) is 25.9 Å². The van der Waals surface area contributed by atoms with Gasteiger partial charge in [0.15, 0.2) is 5.96 Å². The van der Waals surface area contributed by atoms with Gasteiger partial charge >= 0.3 is 0 Å². The average molecular weight is 323 g/mol. The van der Waals surface area contributed by atoms with Gasteiger partial charge in [-0.2, -0.15) is 11.8 Å². The first kappa shape index (κ1) is 16.8. The minimum absolute atomic E-state index is 0.240. The van der Waals surface area contributed by atoms with E-state index in [9.17, 15) is 0 Å². The zero-order chi connectivity index (χ0) is 15.9. The molecule has 1 atom stereocenters. The highest BCUT2D eigenvalue weighted by molar-refractivity contribution is 7.98. The molecule has 0 fully saturated rings. The van der Waals surface area contributed by atoms with Gasteiger partial charge < -0.3 is 20.1 Å². The summed E-state index contributed by atoms with van der Waals surface area (Å²) < 4.78 is 11.3. The van der Waals surface area contributed by atoms with Gasteiger partial charge in [-0.3, -0.25) is 4.99 Å². The molecular weight excluding hydrogens is 298 g/mol. The van der Waals surface area contributed by atoms with Crippen LogP contribution >= 0.6 is 11.8 Å². The summed E-state index contributed by atoms with van der Waals surface area (Å²) >= 11 is 1.81. The summed E-state index contributed by atoms with van der Waals surface area (Å²) in [6.45, 7) is 3.62. The van der Waals surface area contributed by atoms with Crippen LogP contribution in [0.15, 0.2) is 17.1 Å². The third kappa shape index (κ3) is 4.22. The predicted molar refractivity (Wildman–Crippen MR) is 93.4 cm³/mol. The van der Waals surface area contributed by atoms with Crippen molar-refractivity contribution in [2.45, 2.75) is 26.0 Å². The SMILES string of the molecule is CN=C(NCCSC)NCc1cc2c(cc1OC)CC(C)O2. The van der Waals surface area contributed by atoms with Crippen molar-refractivity contribution in [3.05, 3.63) is 23.3 Å². The summed E-state index contributed by atoms with van der Waals surface area (Å²) in [5.41, 5.74) is 2.29. The Labute approximate surface area is 136 Å².